The number of nitriles is 1. The van der Waals surface area contributed by atoms with Crippen LogP contribution in [0.3, 0.4) is 0 Å². The third kappa shape index (κ3) is 4.97. The summed E-state index contributed by atoms with van der Waals surface area (Å²) in [5.74, 6) is 0. The Labute approximate surface area is 244 Å². The third-order valence-electron chi connectivity index (χ3n) is 7.74. The monoisotopic (exact) mass is 544 g/mol. The largest absolute Gasteiger partial charge is 0.456 e. The van der Waals surface area contributed by atoms with E-state index in [0.29, 0.717) is 5.56 Å². The third-order valence-corrected chi connectivity index (χ3v) is 7.74. The number of hydrogen-bond acceptors (Lipinski definition) is 5. The molecule has 1 aliphatic rings. The molecule has 0 radical (unpaired) electrons. The lowest BCUT2D eigenvalue weighted by Crippen LogP contribution is -2.44. The van der Waals surface area contributed by atoms with Gasteiger partial charge in [0.1, 0.15) is 11.2 Å². The van der Waals surface area contributed by atoms with Gasteiger partial charge in [-0.05, 0) is 106 Å². The first-order chi connectivity index (χ1) is 20.6. The molecule has 7 rings (SSSR count). The number of dihydropyridines is 1. The van der Waals surface area contributed by atoms with E-state index in [0.717, 1.165) is 60.9 Å². The van der Waals surface area contributed by atoms with Gasteiger partial charge in [0.25, 0.3) is 0 Å². The summed E-state index contributed by atoms with van der Waals surface area (Å²) < 4.78 is 6.18. The maximum Gasteiger partial charge on any atom is 0.135 e. The average Bonchev–Trinajstić information content (AvgIpc) is 3.42. The molecule has 5 heteroatoms. The highest BCUT2D eigenvalue weighted by Crippen LogP contribution is 2.36. The molecule has 0 saturated carbocycles. The quantitative estimate of drug-likeness (QED) is 0.185. The molecule has 0 fully saturated rings. The van der Waals surface area contributed by atoms with Crippen molar-refractivity contribution >= 4 is 21.9 Å². The van der Waals surface area contributed by atoms with Crippen LogP contribution in [0.2, 0.25) is 0 Å². The Bertz CT molecular complexity index is 2030. The normalized spacial score (nSPS) is 15.0. The number of hydrogen-bond donors (Lipinski definition) is 3. The highest BCUT2D eigenvalue weighted by atomic mass is 16.3. The van der Waals surface area contributed by atoms with Gasteiger partial charge >= 0.3 is 0 Å². The van der Waals surface area contributed by atoms with Crippen LogP contribution in [0.1, 0.15) is 17.3 Å². The van der Waals surface area contributed by atoms with Crippen LogP contribution in [0.4, 0.5) is 0 Å². The van der Waals surface area contributed by atoms with Gasteiger partial charge in [-0.15, -0.1) is 0 Å². The second kappa shape index (κ2) is 10.9. The predicted molar refractivity (Wildman–Crippen MR) is 170 cm³/mol. The first-order valence-electron chi connectivity index (χ1n) is 13.9. The van der Waals surface area contributed by atoms with E-state index < -0.39 is 0 Å². The van der Waals surface area contributed by atoms with Crippen LogP contribution in [-0.4, -0.2) is 6.17 Å². The molecule has 0 amide bonds. The number of nitrogens with zero attached hydrogens (tertiary/aromatic N) is 1. The van der Waals surface area contributed by atoms with Crippen LogP contribution in [-0.2, 0) is 0 Å². The van der Waals surface area contributed by atoms with Crippen molar-refractivity contribution in [1.82, 2.24) is 10.6 Å². The molecule has 0 saturated heterocycles. The van der Waals surface area contributed by atoms with E-state index in [2.05, 4.69) is 89.5 Å². The molecule has 5 nitrogen and oxygen atoms in total. The maximum absolute atomic E-state index is 9.15. The van der Waals surface area contributed by atoms with Gasteiger partial charge in [-0.2, -0.15) is 5.26 Å². The summed E-state index contributed by atoms with van der Waals surface area (Å²) >= 11 is 0. The molecule has 0 aliphatic carbocycles. The molecular formula is C37H28N4O. The van der Waals surface area contributed by atoms with E-state index in [4.69, 9.17) is 15.4 Å². The number of allylic oxidation sites excluding steroid dienone is 2. The topological polar surface area (TPSA) is 87.0 Å². The highest BCUT2D eigenvalue weighted by molar-refractivity contribution is 6.07. The summed E-state index contributed by atoms with van der Waals surface area (Å²) in [5.41, 5.74) is 16.5. The number of furan rings is 1. The minimum atomic E-state index is -0.312. The van der Waals surface area contributed by atoms with Crippen molar-refractivity contribution in [1.29, 1.82) is 5.26 Å². The molecule has 6 aromatic rings. The molecule has 202 valence electrons. The van der Waals surface area contributed by atoms with Crippen LogP contribution in [0.25, 0.3) is 55.3 Å². The van der Waals surface area contributed by atoms with Crippen LogP contribution in [0, 0.1) is 11.3 Å². The predicted octanol–water partition coefficient (Wildman–Crippen LogP) is 8.00. The van der Waals surface area contributed by atoms with Crippen molar-refractivity contribution < 1.29 is 4.42 Å². The second-order valence-corrected chi connectivity index (χ2v) is 10.5. The second-order valence-electron chi connectivity index (χ2n) is 10.5. The Kier molecular flexibility index (Phi) is 6.61. The first kappa shape index (κ1) is 25.6. The van der Waals surface area contributed by atoms with Crippen LogP contribution >= 0.6 is 0 Å². The van der Waals surface area contributed by atoms with Crippen molar-refractivity contribution in [2.24, 2.45) is 5.73 Å². The number of nitrogens with two attached hydrogens (primary N) is 1. The van der Waals surface area contributed by atoms with E-state index in [-0.39, 0.29) is 12.3 Å². The minimum absolute atomic E-state index is 0.00825. The van der Waals surface area contributed by atoms with Crippen LogP contribution in [0.15, 0.2) is 138 Å². The summed E-state index contributed by atoms with van der Waals surface area (Å²) in [6.45, 7) is 0. The molecular weight excluding hydrogens is 516 g/mol. The van der Waals surface area contributed by atoms with Gasteiger partial charge in [-0.1, -0.05) is 66.7 Å². The molecule has 1 aromatic heterocycles. The van der Waals surface area contributed by atoms with E-state index in [1.165, 1.54) is 0 Å². The van der Waals surface area contributed by atoms with Gasteiger partial charge in [-0.25, -0.2) is 0 Å². The van der Waals surface area contributed by atoms with E-state index in [1.807, 2.05) is 60.8 Å². The van der Waals surface area contributed by atoms with Crippen LogP contribution < -0.4 is 16.4 Å². The van der Waals surface area contributed by atoms with E-state index in [1.54, 1.807) is 0 Å². The molecule has 2 unspecified atom stereocenters. The van der Waals surface area contributed by atoms with Gasteiger partial charge in [-0.3, -0.25) is 5.32 Å². The first-order valence-corrected chi connectivity index (χ1v) is 13.9. The Morgan fingerprint density at radius 2 is 1.29 bits per heavy atom. The van der Waals surface area contributed by atoms with Gasteiger partial charge in [0.15, 0.2) is 0 Å². The lowest BCUT2D eigenvalue weighted by atomic mass is 9.96. The highest BCUT2D eigenvalue weighted by Gasteiger charge is 2.14. The smallest absolute Gasteiger partial charge is 0.135 e. The molecule has 0 spiro atoms. The SMILES string of the molecule is N#Cc1ccc(-c2ccc3oc4ccc(-c5cccc(-c6cccc(C(N)NC7C=CC=CN7)c6)c5)cc4c3c2)cc1. The number of rotatable bonds is 6. The molecule has 2 atom stereocenters. The summed E-state index contributed by atoms with van der Waals surface area (Å²) in [6, 6.07) is 39.4. The standard InChI is InChI=1S/C37H28N4O/c38-23-24-10-12-25(13-11-24)29-14-16-34-32(21-29)33-22-30(15-17-35(33)42-34)27-6-3-5-26(19-27)28-7-4-8-31(20-28)37(39)41-36-9-1-2-18-40-36/h1-22,36-37,40-41H,39H2. The zero-order valence-electron chi connectivity index (χ0n) is 22.8. The van der Waals surface area contributed by atoms with Crippen molar-refractivity contribution in [3.05, 3.63) is 145 Å². The average molecular weight is 545 g/mol. The number of fused-ring (bicyclic) bond motifs is 3. The van der Waals surface area contributed by atoms with Gasteiger partial charge in [0.05, 0.1) is 24.0 Å². The van der Waals surface area contributed by atoms with E-state index >= 15 is 0 Å². The summed E-state index contributed by atoms with van der Waals surface area (Å²) in [5, 5.41) is 17.9. The Morgan fingerprint density at radius 1 is 0.690 bits per heavy atom. The molecule has 4 N–H and O–H groups in total. The van der Waals surface area contributed by atoms with Crippen molar-refractivity contribution in [2.45, 2.75) is 12.3 Å². The molecule has 5 aromatic carbocycles. The van der Waals surface area contributed by atoms with Gasteiger partial charge in [0, 0.05) is 10.8 Å². The zero-order valence-corrected chi connectivity index (χ0v) is 22.8. The summed E-state index contributed by atoms with van der Waals surface area (Å²) in [4.78, 5) is 0. The molecule has 2 heterocycles. The maximum atomic E-state index is 9.15. The number of nitrogens with one attached hydrogen (secondary N) is 2. The fraction of sp³-hybridized carbons (Fsp3) is 0.0541. The molecule has 1 aliphatic heterocycles. The molecule has 0 bridgehead atoms. The fourth-order valence-electron chi connectivity index (χ4n) is 5.50. The van der Waals surface area contributed by atoms with Crippen molar-refractivity contribution in [3.63, 3.8) is 0 Å². The van der Waals surface area contributed by atoms with Gasteiger partial charge in [0.2, 0.25) is 0 Å². The van der Waals surface area contributed by atoms with E-state index in [9.17, 15) is 0 Å². The minimum Gasteiger partial charge on any atom is -0.456 e. The Balaban J connectivity index is 1.20. The van der Waals surface area contributed by atoms with Crippen LogP contribution in [0.5, 0.6) is 0 Å². The van der Waals surface area contributed by atoms with Crippen molar-refractivity contribution in [3.8, 4) is 39.4 Å². The lowest BCUT2D eigenvalue weighted by Gasteiger charge is -2.23. The van der Waals surface area contributed by atoms with Crippen molar-refractivity contribution in [2.75, 3.05) is 0 Å². The van der Waals surface area contributed by atoms with Gasteiger partial charge < -0.3 is 15.5 Å². The Hall–Kier alpha value is -5.41. The lowest BCUT2D eigenvalue weighted by molar-refractivity contribution is 0.465. The summed E-state index contributed by atoms with van der Waals surface area (Å²) in [7, 11) is 0. The molecule has 42 heavy (non-hydrogen) atoms. The fourth-order valence-corrected chi connectivity index (χ4v) is 5.50. The zero-order chi connectivity index (χ0) is 28.5. The summed E-state index contributed by atoms with van der Waals surface area (Å²) in [6.07, 6.45) is 7.59. The number of benzene rings is 5. The Morgan fingerprint density at radius 3 is 1.93 bits per heavy atom.